The smallest absolute Gasteiger partial charge is 0.342 e. The first-order valence-electron chi connectivity index (χ1n) is 9.25. The number of benzene rings is 2. The topological polar surface area (TPSA) is 113 Å². The van der Waals surface area contributed by atoms with Gasteiger partial charge in [0.1, 0.15) is 11.3 Å². The summed E-state index contributed by atoms with van der Waals surface area (Å²) in [5, 5.41) is 12.6. The maximum absolute atomic E-state index is 12.7. The first-order valence-corrected chi connectivity index (χ1v) is 11.8. The fourth-order valence-electron chi connectivity index (χ4n) is 3.08. The number of hydrogen-bond acceptors (Lipinski definition) is 6. The molecule has 2 N–H and O–H groups in total. The van der Waals surface area contributed by atoms with E-state index in [0.29, 0.717) is 18.8 Å². The van der Waals surface area contributed by atoms with Crippen molar-refractivity contribution in [3.63, 3.8) is 0 Å². The van der Waals surface area contributed by atoms with Gasteiger partial charge in [-0.3, -0.25) is 4.79 Å². The van der Waals surface area contributed by atoms with E-state index in [2.05, 4.69) is 27.9 Å². The summed E-state index contributed by atoms with van der Waals surface area (Å²) in [4.78, 5) is 24.4. The molecule has 3 rings (SSSR count). The second-order valence-electron chi connectivity index (χ2n) is 6.87. The number of anilines is 1. The third-order valence-corrected chi connectivity index (χ3v) is 7.25. The van der Waals surface area contributed by atoms with E-state index in [1.165, 1.54) is 10.4 Å². The van der Waals surface area contributed by atoms with Crippen molar-refractivity contribution in [3.05, 3.63) is 51.1 Å². The summed E-state index contributed by atoms with van der Waals surface area (Å²) in [6, 6.07) is 8.93. The lowest BCUT2D eigenvalue weighted by Crippen LogP contribution is -2.28. The van der Waals surface area contributed by atoms with Crippen molar-refractivity contribution >= 4 is 50.2 Å². The maximum atomic E-state index is 12.7. The Morgan fingerprint density at radius 1 is 1.17 bits per heavy atom. The Morgan fingerprint density at radius 2 is 1.87 bits per heavy atom. The number of aryl methyl sites for hydroxylation is 1. The average Bonchev–Trinajstić information content (AvgIpc) is 3.24. The van der Waals surface area contributed by atoms with Crippen LogP contribution in [-0.4, -0.2) is 49.4 Å². The Hall–Kier alpha value is -2.18. The van der Waals surface area contributed by atoms with Crippen LogP contribution in [0.5, 0.6) is 5.75 Å². The van der Waals surface area contributed by atoms with E-state index in [9.17, 15) is 23.1 Å². The molecule has 1 aliphatic rings. The Balaban J connectivity index is 1.68. The van der Waals surface area contributed by atoms with Crippen LogP contribution in [0, 0.1) is 10.5 Å². The van der Waals surface area contributed by atoms with Gasteiger partial charge in [0.2, 0.25) is 10.0 Å². The molecule has 1 fully saturated rings. The zero-order valence-corrected chi connectivity index (χ0v) is 19.2. The van der Waals surface area contributed by atoms with E-state index in [0.717, 1.165) is 34.1 Å². The van der Waals surface area contributed by atoms with E-state index in [-0.39, 0.29) is 10.5 Å². The lowest BCUT2D eigenvalue weighted by atomic mass is 10.2. The summed E-state index contributed by atoms with van der Waals surface area (Å²) in [6.45, 7) is 2.10. The summed E-state index contributed by atoms with van der Waals surface area (Å²) in [6.07, 6.45) is 1.56. The fourth-order valence-corrected chi connectivity index (χ4v) is 5.27. The van der Waals surface area contributed by atoms with Gasteiger partial charge in [0.05, 0.1) is 4.90 Å². The van der Waals surface area contributed by atoms with Gasteiger partial charge in [0.15, 0.2) is 6.61 Å². The highest BCUT2D eigenvalue weighted by atomic mass is 127. The molecule has 10 heteroatoms. The molecule has 8 nitrogen and oxygen atoms in total. The number of phenolic OH excluding ortho intramolecular Hbond substituents is 1. The largest absolute Gasteiger partial charge is 0.507 e. The molecule has 1 aliphatic heterocycles. The third kappa shape index (κ3) is 5.10. The lowest BCUT2D eigenvalue weighted by Gasteiger charge is -2.16. The molecule has 0 radical (unpaired) electrons. The van der Waals surface area contributed by atoms with Crippen LogP contribution in [0.3, 0.4) is 0 Å². The van der Waals surface area contributed by atoms with Crippen molar-refractivity contribution < 1.29 is 27.9 Å². The van der Waals surface area contributed by atoms with Crippen LogP contribution in [0.1, 0.15) is 28.8 Å². The molecule has 0 spiro atoms. The number of hydrogen-bond donors (Lipinski definition) is 2. The molecule has 160 valence electrons. The number of nitrogens with zero attached hydrogens (tertiary/aromatic N) is 1. The third-order valence-electron chi connectivity index (χ3n) is 4.69. The quantitative estimate of drug-likeness (QED) is 0.428. The van der Waals surface area contributed by atoms with Gasteiger partial charge in [-0.05, 0) is 84.3 Å². The Morgan fingerprint density at radius 3 is 2.53 bits per heavy atom. The van der Waals surface area contributed by atoms with E-state index in [1.54, 1.807) is 6.07 Å². The molecule has 1 amide bonds. The number of nitrogens with one attached hydrogen (secondary N) is 1. The number of phenols is 1. The summed E-state index contributed by atoms with van der Waals surface area (Å²) < 4.78 is 32.7. The van der Waals surface area contributed by atoms with Gasteiger partial charge in [-0.2, -0.15) is 4.31 Å². The number of ether oxygens (including phenoxy) is 1. The predicted octanol–water partition coefficient (Wildman–Crippen LogP) is 2.89. The Kier molecular flexibility index (Phi) is 6.98. The van der Waals surface area contributed by atoms with Gasteiger partial charge < -0.3 is 15.2 Å². The molecule has 0 saturated carbocycles. The maximum Gasteiger partial charge on any atom is 0.342 e. The zero-order valence-electron chi connectivity index (χ0n) is 16.2. The first-order chi connectivity index (χ1) is 14.2. The van der Waals surface area contributed by atoms with Crippen molar-refractivity contribution in [2.75, 3.05) is 25.0 Å². The molecule has 0 unspecified atom stereocenters. The van der Waals surface area contributed by atoms with Crippen LogP contribution >= 0.6 is 22.6 Å². The predicted molar refractivity (Wildman–Crippen MR) is 119 cm³/mol. The monoisotopic (exact) mass is 544 g/mol. The number of esters is 1. The molecular weight excluding hydrogens is 523 g/mol. The minimum absolute atomic E-state index is 0.104. The highest BCUT2D eigenvalue weighted by Crippen LogP contribution is 2.26. The van der Waals surface area contributed by atoms with Gasteiger partial charge in [-0.25, -0.2) is 13.2 Å². The highest BCUT2D eigenvalue weighted by molar-refractivity contribution is 14.1. The van der Waals surface area contributed by atoms with Crippen LogP contribution in [0.15, 0.2) is 41.3 Å². The number of carbonyl (C=O) groups excluding carboxylic acids is 2. The van der Waals surface area contributed by atoms with Crippen molar-refractivity contribution in [3.8, 4) is 5.75 Å². The standard InChI is InChI=1S/C20H21IN2O6S/c1-13-10-14(21)4-6-17(13)22-19(25)12-29-20(26)16-11-15(5-7-18(16)24)30(27,28)23-8-2-3-9-23/h4-7,10-11,24H,2-3,8-9,12H2,1H3,(H,22,25). The first kappa shape index (κ1) is 22.5. The number of carbonyl (C=O) groups is 2. The van der Waals surface area contributed by atoms with E-state index >= 15 is 0 Å². The van der Waals surface area contributed by atoms with Gasteiger partial charge in [-0.15, -0.1) is 0 Å². The Bertz CT molecular complexity index is 1080. The van der Waals surface area contributed by atoms with Gasteiger partial charge in [0, 0.05) is 22.3 Å². The van der Waals surface area contributed by atoms with Crippen molar-refractivity contribution in [1.29, 1.82) is 0 Å². The van der Waals surface area contributed by atoms with Gasteiger partial charge in [0.25, 0.3) is 5.91 Å². The van der Waals surface area contributed by atoms with E-state index in [1.807, 2.05) is 19.1 Å². The number of amides is 1. The van der Waals surface area contributed by atoms with Crippen LogP contribution in [0.4, 0.5) is 5.69 Å². The van der Waals surface area contributed by atoms with Crippen molar-refractivity contribution in [2.45, 2.75) is 24.7 Å². The molecular formula is C20H21IN2O6S. The summed E-state index contributed by atoms with van der Waals surface area (Å²) >= 11 is 2.16. The number of aromatic hydroxyl groups is 1. The summed E-state index contributed by atoms with van der Waals surface area (Å²) in [7, 11) is -3.76. The molecule has 0 bridgehead atoms. The molecule has 1 saturated heterocycles. The van der Waals surface area contributed by atoms with Crippen LogP contribution in [0.25, 0.3) is 0 Å². The second kappa shape index (κ2) is 9.31. The number of rotatable bonds is 6. The fraction of sp³-hybridized carbons (Fsp3) is 0.300. The zero-order chi connectivity index (χ0) is 21.9. The lowest BCUT2D eigenvalue weighted by molar-refractivity contribution is -0.119. The van der Waals surface area contributed by atoms with Gasteiger partial charge >= 0.3 is 5.97 Å². The van der Waals surface area contributed by atoms with Crippen molar-refractivity contribution in [2.24, 2.45) is 0 Å². The van der Waals surface area contributed by atoms with E-state index in [4.69, 9.17) is 4.74 Å². The Labute approximate surface area is 188 Å². The second-order valence-corrected chi connectivity index (χ2v) is 10.1. The highest BCUT2D eigenvalue weighted by Gasteiger charge is 2.28. The van der Waals surface area contributed by atoms with Crippen LogP contribution in [0.2, 0.25) is 0 Å². The molecule has 2 aromatic rings. The minimum Gasteiger partial charge on any atom is -0.507 e. The summed E-state index contributed by atoms with van der Waals surface area (Å²) in [5.41, 5.74) is 1.14. The summed E-state index contributed by atoms with van der Waals surface area (Å²) in [5.74, 6) is -1.96. The van der Waals surface area contributed by atoms with Crippen LogP contribution < -0.4 is 5.32 Å². The molecule has 0 aromatic heterocycles. The number of sulfonamides is 1. The molecule has 2 aromatic carbocycles. The molecule has 0 atom stereocenters. The molecule has 30 heavy (non-hydrogen) atoms. The number of halogens is 1. The SMILES string of the molecule is Cc1cc(I)ccc1NC(=O)COC(=O)c1cc(S(=O)(=O)N2CCCC2)ccc1O. The van der Waals surface area contributed by atoms with Gasteiger partial charge in [-0.1, -0.05) is 0 Å². The van der Waals surface area contributed by atoms with Crippen molar-refractivity contribution in [1.82, 2.24) is 4.31 Å². The van der Waals surface area contributed by atoms with Crippen LogP contribution in [-0.2, 0) is 19.6 Å². The minimum atomic E-state index is -3.76. The molecule has 0 aliphatic carbocycles. The average molecular weight is 544 g/mol. The normalized spacial score (nSPS) is 14.5. The molecule has 1 heterocycles. The van der Waals surface area contributed by atoms with E-state index < -0.39 is 34.3 Å².